The molecule has 2 aliphatic rings. The molecule has 3 nitrogen and oxygen atoms in total. The Balaban J connectivity index is 1.69. The molecule has 74 valence electrons. The minimum atomic E-state index is 0.655. The van der Waals surface area contributed by atoms with Gasteiger partial charge in [-0.05, 0) is 53.7 Å². The number of anilines is 1. The Labute approximate surface area is 96.9 Å². The van der Waals surface area contributed by atoms with Crippen molar-refractivity contribution in [2.24, 2.45) is 11.8 Å². The fraction of sp³-hybridized carbons (Fsp3) is 0.600. The van der Waals surface area contributed by atoms with Gasteiger partial charge in [-0.1, -0.05) is 0 Å². The minimum absolute atomic E-state index is 0.655. The molecule has 0 radical (unpaired) electrons. The van der Waals surface area contributed by atoms with Gasteiger partial charge in [-0.15, -0.1) is 0 Å². The Kier molecular flexibility index (Phi) is 2.11. The molecule has 1 N–H and O–H groups in total. The Bertz CT molecular complexity index is 345. The smallest absolute Gasteiger partial charge is 0.143 e. The first-order valence-electron chi connectivity index (χ1n) is 5.05. The van der Waals surface area contributed by atoms with Crippen molar-refractivity contribution in [2.45, 2.75) is 25.3 Å². The van der Waals surface area contributed by atoms with Gasteiger partial charge in [-0.25, -0.2) is 9.97 Å². The highest BCUT2D eigenvalue weighted by Gasteiger charge is 2.45. The van der Waals surface area contributed by atoms with E-state index in [2.05, 4.69) is 37.9 Å². The molecule has 2 atom stereocenters. The third kappa shape index (κ3) is 1.60. The molecule has 0 amide bonds. The van der Waals surface area contributed by atoms with Crippen molar-refractivity contribution >= 4 is 28.4 Å². The third-order valence-electron chi connectivity index (χ3n) is 3.25. The van der Waals surface area contributed by atoms with Crippen LogP contribution in [0.2, 0.25) is 0 Å². The number of hydrogen-bond acceptors (Lipinski definition) is 3. The van der Waals surface area contributed by atoms with Gasteiger partial charge in [0.2, 0.25) is 0 Å². The van der Waals surface area contributed by atoms with E-state index in [4.69, 9.17) is 0 Å². The summed E-state index contributed by atoms with van der Waals surface area (Å²) in [5.41, 5.74) is 0. The molecule has 1 aromatic heterocycles. The molecule has 0 aromatic carbocycles. The summed E-state index contributed by atoms with van der Waals surface area (Å²) in [6, 6.07) is 0.655. The number of fused-ring (bicyclic) bond motifs is 1. The lowest BCUT2D eigenvalue weighted by Gasteiger charge is -2.15. The van der Waals surface area contributed by atoms with Crippen LogP contribution in [0.3, 0.4) is 0 Å². The van der Waals surface area contributed by atoms with E-state index in [1.165, 1.54) is 19.3 Å². The zero-order valence-electron chi connectivity index (χ0n) is 7.78. The van der Waals surface area contributed by atoms with Crippen LogP contribution >= 0.6 is 22.6 Å². The standard InChI is InChI=1S/C10H12IN3/c11-9-4-12-5-13-10(9)14-8-2-6-1-7(6)3-8/h4-8H,1-3H2,(H,12,13,14). The van der Waals surface area contributed by atoms with Crippen LogP contribution in [-0.2, 0) is 0 Å². The predicted molar refractivity (Wildman–Crippen MR) is 63.0 cm³/mol. The molecule has 0 spiro atoms. The summed E-state index contributed by atoms with van der Waals surface area (Å²) in [4.78, 5) is 8.24. The number of rotatable bonds is 2. The van der Waals surface area contributed by atoms with Gasteiger partial charge in [-0.2, -0.15) is 0 Å². The van der Waals surface area contributed by atoms with E-state index in [1.807, 2.05) is 6.20 Å². The zero-order chi connectivity index (χ0) is 9.54. The van der Waals surface area contributed by atoms with Crippen molar-refractivity contribution < 1.29 is 0 Å². The molecule has 0 saturated heterocycles. The van der Waals surface area contributed by atoms with Gasteiger partial charge in [0.1, 0.15) is 12.1 Å². The Hall–Kier alpha value is -0.390. The number of halogens is 1. The van der Waals surface area contributed by atoms with E-state index in [1.54, 1.807) is 6.33 Å². The highest BCUT2D eigenvalue weighted by Crippen LogP contribution is 2.52. The summed E-state index contributed by atoms with van der Waals surface area (Å²) in [7, 11) is 0. The van der Waals surface area contributed by atoms with Crippen LogP contribution in [0.4, 0.5) is 5.82 Å². The SMILES string of the molecule is Ic1cncnc1NC1CC2CC2C1. The summed E-state index contributed by atoms with van der Waals surface area (Å²) in [6.07, 6.45) is 7.61. The molecule has 2 aliphatic carbocycles. The second kappa shape index (κ2) is 3.32. The molecule has 0 bridgehead atoms. The van der Waals surface area contributed by atoms with Crippen LogP contribution in [0.5, 0.6) is 0 Å². The second-order valence-corrected chi connectivity index (χ2v) is 5.45. The summed E-state index contributed by atoms with van der Waals surface area (Å²) >= 11 is 2.28. The van der Waals surface area contributed by atoms with E-state index in [0.717, 1.165) is 21.2 Å². The van der Waals surface area contributed by atoms with Crippen molar-refractivity contribution in [2.75, 3.05) is 5.32 Å². The Morgan fingerprint density at radius 1 is 1.29 bits per heavy atom. The van der Waals surface area contributed by atoms with Gasteiger partial charge in [0.25, 0.3) is 0 Å². The third-order valence-corrected chi connectivity index (χ3v) is 4.04. The van der Waals surface area contributed by atoms with Gasteiger partial charge in [-0.3, -0.25) is 0 Å². The number of nitrogens with one attached hydrogen (secondary N) is 1. The van der Waals surface area contributed by atoms with Crippen molar-refractivity contribution in [3.63, 3.8) is 0 Å². The number of nitrogens with zero attached hydrogens (tertiary/aromatic N) is 2. The average Bonchev–Trinajstić information content (AvgIpc) is 2.79. The maximum Gasteiger partial charge on any atom is 0.143 e. The quantitative estimate of drug-likeness (QED) is 0.852. The topological polar surface area (TPSA) is 37.8 Å². The fourth-order valence-electron chi connectivity index (χ4n) is 2.44. The first kappa shape index (κ1) is 8.88. The van der Waals surface area contributed by atoms with Crippen molar-refractivity contribution in [3.8, 4) is 0 Å². The van der Waals surface area contributed by atoms with Gasteiger partial charge in [0.05, 0.1) is 3.57 Å². The van der Waals surface area contributed by atoms with Gasteiger partial charge >= 0.3 is 0 Å². The molecule has 14 heavy (non-hydrogen) atoms. The molecule has 2 unspecified atom stereocenters. The molecule has 1 heterocycles. The summed E-state index contributed by atoms with van der Waals surface area (Å²) in [6.45, 7) is 0. The number of aromatic nitrogens is 2. The largest absolute Gasteiger partial charge is 0.366 e. The predicted octanol–water partition coefficient (Wildman–Crippen LogP) is 2.29. The monoisotopic (exact) mass is 301 g/mol. The van der Waals surface area contributed by atoms with Crippen LogP contribution in [-0.4, -0.2) is 16.0 Å². The van der Waals surface area contributed by atoms with Crippen molar-refractivity contribution in [3.05, 3.63) is 16.1 Å². The van der Waals surface area contributed by atoms with Crippen molar-refractivity contribution in [1.82, 2.24) is 9.97 Å². The van der Waals surface area contributed by atoms with Crippen molar-refractivity contribution in [1.29, 1.82) is 0 Å². The normalized spacial score (nSPS) is 33.9. The zero-order valence-corrected chi connectivity index (χ0v) is 9.94. The fourth-order valence-corrected chi connectivity index (χ4v) is 2.90. The molecular formula is C10H12IN3. The van der Waals surface area contributed by atoms with E-state index in [9.17, 15) is 0 Å². The molecule has 4 heteroatoms. The minimum Gasteiger partial charge on any atom is -0.366 e. The molecule has 3 rings (SSSR count). The Morgan fingerprint density at radius 3 is 2.79 bits per heavy atom. The number of hydrogen-bond donors (Lipinski definition) is 1. The highest BCUT2D eigenvalue weighted by atomic mass is 127. The average molecular weight is 301 g/mol. The maximum atomic E-state index is 4.25. The van der Waals surface area contributed by atoms with Crippen LogP contribution in [0.1, 0.15) is 19.3 Å². The van der Waals surface area contributed by atoms with E-state index in [0.29, 0.717) is 6.04 Å². The van der Waals surface area contributed by atoms with Gasteiger partial charge in [0, 0.05) is 12.2 Å². The first-order chi connectivity index (χ1) is 6.83. The second-order valence-electron chi connectivity index (χ2n) is 4.29. The van der Waals surface area contributed by atoms with E-state index < -0.39 is 0 Å². The van der Waals surface area contributed by atoms with Crippen LogP contribution < -0.4 is 5.32 Å². The molecular weight excluding hydrogens is 289 g/mol. The summed E-state index contributed by atoms with van der Waals surface area (Å²) in [5, 5.41) is 3.51. The molecule has 2 fully saturated rings. The lowest BCUT2D eigenvalue weighted by molar-refractivity contribution is 0.648. The highest BCUT2D eigenvalue weighted by molar-refractivity contribution is 14.1. The molecule has 2 saturated carbocycles. The summed E-state index contributed by atoms with van der Waals surface area (Å²) < 4.78 is 1.12. The lowest BCUT2D eigenvalue weighted by atomic mass is 10.1. The van der Waals surface area contributed by atoms with Crippen LogP contribution in [0.25, 0.3) is 0 Å². The Morgan fingerprint density at radius 2 is 2.07 bits per heavy atom. The first-order valence-corrected chi connectivity index (χ1v) is 6.13. The van der Waals surface area contributed by atoms with Crippen LogP contribution in [0, 0.1) is 15.4 Å². The van der Waals surface area contributed by atoms with E-state index in [-0.39, 0.29) is 0 Å². The van der Waals surface area contributed by atoms with Crippen LogP contribution in [0.15, 0.2) is 12.5 Å². The van der Waals surface area contributed by atoms with Gasteiger partial charge < -0.3 is 5.32 Å². The van der Waals surface area contributed by atoms with E-state index >= 15 is 0 Å². The maximum absolute atomic E-state index is 4.25. The lowest BCUT2D eigenvalue weighted by Crippen LogP contribution is -2.18. The van der Waals surface area contributed by atoms with Gasteiger partial charge in [0.15, 0.2) is 0 Å². The summed E-state index contributed by atoms with van der Waals surface area (Å²) in [5.74, 6) is 3.05. The molecule has 0 aliphatic heterocycles. The molecule has 1 aromatic rings.